The molecule has 1 aliphatic rings. The van der Waals surface area contributed by atoms with Crippen LogP contribution in [0.25, 0.3) is 0 Å². The summed E-state index contributed by atoms with van der Waals surface area (Å²) in [5.41, 5.74) is 3.50. The predicted octanol–water partition coefficient (Wildman–Crippen LogP) is 3.83. The molecule has 90 valence electrons. The molecule has 0 unspecified atom stereocenters. The minimum absolute atomic E-state index is 0.267. The van der Waals surface area contributed by atoms with Crippen molar-refractivity contribution in [2.75, 3.05) is 0 Å². The van der Waals surface area contributed by atoms with E-state index >= 15 is 0 Å². The Labute approximate surface area is 103 Å². The van der Waals surface area contributed by atoms with Crippen LogP contribution in [-0.4, -0.2) is 6.08 Å². The standard InChI is InChI=1S/C15H19NO/c1-11(2)13-6-5-12(3)14(9-13)15(16-10-17)7-4-8-15/h5-6,9,11H,4,7-8H2,1-3H3. The van der Waals surface area contributed by atoms with Crippen molar-refractivity contribution in [2.45, 2.75) is 51.5 Å². The maximum Gasteiger partial charge on any atom is 0.235 e. The fourth-order valence-electron chi connectivity index (χ4n) is 2.54. The van der Waals surface area contributed by atoms with E-state index in [2.05, 4.69) is 44.0 Å². The van der Waals surface area contributed by atoms with Crippen molar-refractivity contribution in [1.82, 2.24) is 0 Å². The van der Waals surface area contributed by atoms with Gasteiger partial charge in [0.1, 0.15) is 0 Å². The summed E-state index contributed by atoms with van der Waals surface area (Å²) in [6, 6.07) is 6.53. The van der Waals surface area contributed by atoms with Gasteiger partial charge in [0, 0.05) is 0 Å². The summed E-state index contributed by atoms with van der Waals surface area (Å²) in [6.07, 6.45) is 4.86. The van der Waals surface area contributed by atoms with Gasteiger partial charge in [0.2, 0.25) is 6.08 Å². The molecule has 1 saturated carbocycles. The Morgan fingerprint density at radius 3 is 2.53 bits per heavy atom. The molecular formula is C15H19NO. The highest BCUT2D eigenvalue weighted by atomic mass is 16.1. The molecule has 2 heteroatoms. The van der Waals surface area contributed by atoms with Gasteiger partial charge in [0.05, 0.1) is 5.54 Å². The molecule has 0 spiro atoms. The van der Waals surface area contributed by atoms with Crippen LogP contribution in [0.15, 0.2) is 23.2 Å². The van der Waals surface area contributed by atoms with Gasteiger partial charge in [0.25, 0.3) is 0 Å². The Kier molecular flexibility index (Phi) is 3.17. The van der Waals surface area contributed by atoms with Crippen LogP contribution in [0.5, 0.6) is 0 Å². The van der Waals surface area contributed by atoms with Crippen molar-refractivity contribution in [2.24, 2.45) is 4.99 Å². The van der Waals surface area contributed by atoms with E-state index in [1.54, 1.807) is 6.08 Å². The number of rotatable bonds is 3. The number of hydrogen-bond donors (Lipinski definition) is 0. The Morgan fingerprint density at radius 1 is 1.35 bits per heavy atom. The van der Waals surface area contributed by atoms with Crippen LogP contribution in [0.3, 0.4) is 0 Å². The topological polar surface area (TPSA) is 29.4 Å². The zero-order chi connectivity index (χ0) is 12.5. The number of nitrogens with zero attached hydrogens (tertiary/aromatic N) is 1. The molecule has 0 aromatic heterocycles. The predicted molar refractivity (Wildman–Crippen MR) is 68.9 cm³/mol. The molecular weight excluding hydrogens is 210 g/mol. The van der Waals surface area contributed by atoms with Gasteiger partial charge in [0.15, 0.2) is 0 Å². The van der Waals surface area contributed by atoms with E-state index in [9.17, 15) is 4.79 Å². The lowest BCUT2D eigenvalue weighted by molar-refractivity contribution is 0.254. The van der Waals surface area contributed by atoms with Gasteiger partial charge in [-0.2, -0.15) is 4.99 Å². The average Bonchev–Trinajstić information content (AvgIpc) is 2.24. The third-order valence-corrected chi connectivity index (χ3v) is 3.87. The largest absolute Gasteiger partial charge is 0.235 e. The Balaban J connectivity index is 2.49. The monoisotopic (exact) mass is 229 g/mol. The van der Waals surface area contributed by atoms with Gasteiger partial charge in [-0.1, -0.05) is 32.0 Å². The summed E-state index contributed by atoms with van der Waals surface area (Å²) in [5, 5.41) is 0. The molecule has 0 N–H and O–H groups in total. The van der Waals surface area contributed by atoms with E-state index in [4.69, 9.17) is 0 Å². The van der Waals surface area contributed by atoms with Crippen molar-refractivity contribution in [1.29, 1.82) is 0 Å². The first-order chi connectivity index (χ1) is 8.09. The number of aliphatic imine (C=N–C) groups is 1. The summed E-state index contributed by atoms with van der Waals surface area (Å²) in [6.45, 7) is 6.47. The van der Waals surface area contributed by atoms with Crippen molar-refractivity contribution in [3.63, 3.8) is 0 Å². The number of aryl methyl sites for hydroxylation is 1. The lowest BCUT2D eigenvalue weighted by Crippen LogP contribution is -2.32. The molecule has 1 aromatic rings. The molecule has 0 atom stereocenters. The molecule has 0 aliphatic heterocycles. The Hall–Kier alpha value is -1.40. The SMILES string of the molecule is Cc1ccc(C(C)C)cc1C1(N=C=O)CCC1. The summed E-state index contributed by atoms with van der Waals surface area (Å²) >= 11 is 0. The van der Waals surface area contributed by atoms with Crippen molar-refractivity contribution in [3.05, 3.63) is 34.9 Å². The molecule has 0 radical (unpaired) electrons. The lowest BCUT2D eigenvalue weighted by Gasteiger charge is -2.38. The number of carbonyl (C=O) groups excluding carboxylic acids is 1. The molecule has 0 amide bonds. The van der Waals surface area contributed by atoms with Gasteiger partial charge >= 0.3 is 0 Å². The highest BCUT2D eigenvalue weighted by Gasteiger charge is 2.39. The fourth-order valence-corrected chi connectivity index (χ4v) is 2.54. The van der Waals surface area contributed by atoms with Gasteiger partial charge < -0.3 is 0 Å². The zero-order valence-corrected chi connectivity index (χ0v) is 10.8. The Morgan fingerprint density at radius 2 is 2.06 bits per heavy atom. The highest BCUT2D eigenvalue weighted by Crippen LogP contribution is 2.46. The third kappa shape index (κ3) is 2.05. The zero-order valence-electron chi connectivity index (χ0n) is 10.8. The van der Waals surface area contributed by atoms with Crippen LogP contribution in [0.4, 0.5) is 0 Å². The number of hydrogen-bond acceptors (Lipinski definition) is 2. The van der Waals surface area contributed by atoms with Gasteiger partial charge in [-0.15, -0.1) is 0 Å². The van der Waals surface area contributed by atoms with Crippen molar-refractivity contribution in [3.8, 4) is 0 Å². The average molecular weight is 229 g/mol. The summed E-state index contributed by atoms with van der Waals surface area (Å²) in [5.74, 6) is 0.506. The second-order valence-electron chi connectivity index (χ2n) is 5.32. The fraction of sp³-hybridized carbons (Fsp3) is 0.533. The van der Waals surface area contributed by atoms with Gasteiger partial charge in [-0.05, 0) is 48.8 Å². The molecule has 0 heterocycles. The van der Waals surface area contributed by atoms with E-state index < -0.39 is 0 Å². The third-order valence-electron chi connectivity index (χ3n) is 3.87. The quantitative estimate of drug-likeness (QED) is 0.572. The van der Waals surface area contributed by atoms with Crippen LogP contribution < -0.4 is 0 Å². The van der Waals surface area contributed by atoms with E-state index in [-0.39, 0.29) is 5.54 Å². The highest BCUT2D eigenvalue weighted by molar-refractivity contribution is 5.44. The molecule has 1 aliphatic carbocycles. The maximum atomic E-state index is 10.6. The van der Waals surface area contributed by atoms with Crippen LogP contribution in [0.2, 0.25) is 0 Å². The lowest BCUT2D eigenvalue weighted by atomic mass is 9.70. The summed E-state index contributed by atoms with van der Waals surface area (Å²) in [7, 11) is 0. The van der Waals surface area contributed by atoms with Crippen molar-refractivity contribution < 1.29 is 4.79 Å². The van der Waals surface area contributed by atoms with E-state index in [1.165, 1.54) is 16.7 Å². The molecule has 1 fully saturated rings. The summed E-state index contributed by atoms with van der Waals surface area (Å²) in [4.78, 5) is 14.7. The second kappa shape index (κ2) is 4.46. The number of isocyanates is 1. The van der Waals surface area contributed by atoms with E-state index in [1.807, 2.05) is 0 Å². The van der Waals surface area contributed by atoms with Gasteiger partial charge in [-0.3, -0.25) is 0 Å². The number of benzene rings is 1. The van der Waals surface area contributed by atoms with Gasteiger partial charge in [-0.25, -0.2) is 4.79 Å². The first kappa shape index (κ1) is 12.1. The normalized spacial score (nSPS) is 17.4. The molecule has 2 rings (SSSR count). The Bertz CT molecular complexity index is 466. The smallest absolute Gasteiger partial charge is 0.211 e. The van der Waals surface area contributed by atoms with Crippen LogP contribution in [0.1, 0.15) is 55.7 Å². The molecule has 1 aromatic carbocycles. The molecule has 0 saturated heterocycles. The maximum absolute atomic E-state index is 10.6. The van der Waals surface area contributed by atoms with E-state index in [0.717, 1.165) is 19.3 Å². The van der Waals surface area contributed by atoms with Crippen molar-refractivity contribution >= 4 is 6.08 Å². The molecule has 0 bridgehead atoms. The molecule has 2 nitrogen and oxygen atoms in total. The van der Waals surface area contributed by atoms with Crippen LogP contribution in [0, 0.1) is 6.92 Å². The first-order valence-corrected chi connectivity index (χ1v) is 6.29. The second-order valence-corrected chi connectivity index (χ2v) is 5.32. The summed E-state index contributed by atoms with van der Waals surface area (Å²) < 4.78 is 0. The van der Waals surface area contributed by atoms with Crippen LogP contribution >= 0.6 is 0 Å². The van der Waals surface area contributed by atoms with Crippen LogP contribution in [-0.2, 0) is 10.3 Å². The van der Waals surface area contributed by atoms with E-state index in [0.29, 0.717) is 5.92 Å². The first-order valence-electron chi connectivity index (χ1n) is 6.29. The minimum Gasteiger partial charge on any atom is -0.211 e. The molecule has 17 heavy (non-hydrogen) atoms. The minimum atomic E-state index is -0.267.